The van der Waals surface area contributed by atoms with Crippen molar-refractivity contribution in [1.29, 1.82) is 0 Å². The minimum absolute atomic E-state index is 0.217. The van der Waals surface area contributed by atoms with Crippen molar-refractivity contribution >= 4 is 29.0 Å². The summed E-state index contributed by atoms with van der Waals surface area (Å²) in [6, 6.07) is 3.65. The lowest BCUT2D eigenvalue weighted by molar-refractivity contribution is 0.102. The summed E-state index contributed by atoms with van der Waals surface area (Å²) in [5.41, 5.74) is 1.59. The summed E-state index contributed by atoms with van der Waals surface area (Å²) in [4.78, 5) is 20.6. The number of halogens is 1. The molecule has 0 unspecified atom stereocenters. The van der Waals surface area contributed by atoms with Crippen molar-refractivity contribution in [3.63, 3.8) is 0 Å². The number of methoxy groups -OCH3 is 1. The van der Waals surface area contributed by atoms with Gasteiger partial charge >= 0.3 is 0 Å². The fraction of sp³-hybridized carbons (Fsp3) is 0.312. The Balaban J connectivity index is 2.17. The molecule has 122 valence electrons. The summed E-state index contributed by atoms with van der Waals surface area (Å²) < 4.78 is 5.24. The number of hydrogen-bond donors (Lipinski definition) is 2. The molecular weight excluding hydrogens is 316 g/mol. The van der Waals surface area contributed by atoms with Gasteiger partial charge in [-0.15, -0.1) is 0 Å². The second kappa shape index (κ2) is 7.28. The molecule has 2 rings (SSSR count). The van der Waals surface area contributed by atoms with Crippen molar-refractivity contribution in [3.05, 3.63) is 40.8 Å². The SMILES string of the molecule is COc1cc(Cl)c(C)cc1NC(=O)c1cnc(NC(C)C)cn1. The van der Waals surface area contributed by atoms with Gasteiger partial charge in [-0.1, -0.05) is 11.6 Å². The largest absolute Gasteiger partial charge is 0.495 e. The molecule has 0 aliphatic heterocycles. The summed E-state index contributed by atoms with van der Waals surface area (Å²) in [7, 11) is 1.52. The summed E-state index contributed by atoms with van der Waals surface area (Å²) >= 11 is 6.05. The fourth-order valence-electron chi connectivity index (χ4n) is 1.93. The van der Waals surface area contributed by atoms with Crippen LogP contribution in [-0.4, -0.2) is 29.0 Å². The zero-order chi connectivity index (χ0) is 17.0. The Labute approximate surface area is 140 Å². The minimum atomic E-state index is -0.367. The van der Waals surface area contributed by atoms with Crippen molar-refractivity contribution in [2.24, 2.45) is 0 Å². The van der Waals surface area contributed by atoms with E-state index in [1.54, 1.807) is 12.1 Å². The fourth-order valence-corrected chi connectivity index (χ4v) is 2.09. The molecule has 1 amide bonds. The summed E-state index contributed by atoms with van der Waals surface area (Å²) in [5.74, 6) is 0.741. The number of carbonyl (C=O) groups excluding carboxylic acids is 1. The molecule has 2 N–H and O–H groups in total. The molecule has 1 aromatic carbocycles. The van der Waals surface area contributed by atoms with Gasteiger partial charge in [-0.3, -0.25) is 4.79 Å². The molecular formula is C16H19ClN4O2. The van der Waals surface area contributed by atoms with E-state index in [1.807, 2.05) is 20.8 Å². The second-order valence-corrected chi connectivity index (χ2v) is 5.75. The highest BCUT2D eigenvalue weighted by molar-refractivity contribution is 6.31. The predicted molar refractivity (Wildman–Crippen MR) is 91.5 cm³/mol. The van der Waals surface area contributed by atoms with Gasteiger partial charge < -0.3 is 15.4 Å². The van der Waals surface area contributed by atoms with Crippen molar-refractivity contribution in [2.75, 3.05) is 17.7 Å². The highest BCUT2D eigenvalue weighted by atomic mass is 35.5. The van der Waals surface area contributed by atoms with Crippen LogP contribution >= 0.6 is 11.6 Å². The molecule has 0 saturated carbocycles. The number of amides is 1. The zero-order valence-electron chi connectivity index (χ0n) is 13.5. The molecule has 6 nitrogen and oxygen atoms in total. The molecule has 1 aromatic heterocycles. The zero-order valence-corrected chi connectivity index (χ0v) is 14.2. The Hall–Kier alpha value is -2.34. The van der Waals surface area contributed by atoms with Crippen LogP contribution in [0.3, 0.4) is 0 Å². The van der Waals surface area contributed by atoms with Crippen LogP contribution in [0.4, 0.5) is 11.5 Å². The Morgan fingerprint density at radius 2 is 2.00 bits per heavy atom. The van der Waals surface area contributed by atoms with Crippen LogP contribution in [-0.2, 0) is 0 Å². The lowest BCUT2D eigenvalue weighted by atomic mass is 10.2. The Morgan fingerprint density at radius 3 is 2.57 bits per heavy atom. The number of benzene rings is 1. The number of carbonyl (C=O) groups is 1. The Morgan fingerprint density at radius 1 is 1.26 bits per heavy atom. The molecule has 23 heavy (non-hydrogen) atoms. The third kappa shape index (κ3) is 4.32. The smallest absolute Gasteiger partial charge is 0.275 e. The maximum absolute atomic E-state index is 12.3. The third-order valence-corrected chi connectivity index (χ3v) is 3.46. The van der Waals surface area contributed by atoms with E-state index < -0.39 is 0 Å². The van der Waals surface area contributed by atoms with Gasteiger partial charge in [-0.2, -0.15) is 0 Å². The Kier molecular flexibility index (Phi) is 5.39. The van der Waals surface area contributed by atoms with Crippen molar-refractivity contribution in [1.82, 2.24) is 9.97 Å². The lowest BCUT2D eigenvalue weighted by Gasteiger charge is -2.12. The van der Waals surface area contributed by atoms with Crippen molar-refractivity contribution in [3.8, 4) is 5.75 Å². The molecule has 7 heteroatoms. The van der Waals surface area contributed by atoms with E-state index >= 15 is 0 Å². The minimum Gasteiger partial charge on any atom is -0.495 e. The number of hydrogen-bond acceptors (Lipinski definition) is 5. The first-order valence-corrected chi connectivity index (χ1v) is 7.52. The van der Waals surface area contributed by atoms with Crippen LogP contribution in [0.2, 0.25) is 5.02 Å². The lowest BCUT2D eigenvalue weighted by Crippen LogP contribution is -2.16. The molecule has 0 radical (unpaired) electrons. The second-order valence-electron chi connectivity index (χ2n) is 5.34. The average Bonchev–Trinajstić information content (AvgIpc) is 2.50. The van der Waals surface area contributed by atoms with Gasteiger partial charge in [0.15, 0.2) is 0 Å². The molecule has 0 bridgehead atoms. The van der Waals surface area contributed by atoms with Crippen LogP contribution in [0.15, 0.2) is 24.5 Å². The summed E-state index contributed by atoms with van der Waals surface area (Å²) in [5, 5.41) is 6.45. The van der Waals surface area contributed by atoms with E-state index in [0.29, 0.717) is 22.3 Å². The summed E-state index contributed by atoms with van der Waals surface area (Å²) in [6.45, 7) is 5.85. The van der Waals surface area contributed by atoms with E-state index in [9.17, 15) is 4.79 Å². The number of nitrogens with one attached hydrogen (secondary N) is 2. The molecule has 0 fully saturated rings. The van der Waals surface area contributed by atoms with Crippen LogP contribution in [0.25, 0.3) is 0 Å². The number of nitrogens with zero attached hydrogens (tertiary/aromatic N) is 2. The van der Waals surface area contributed by atoms with Gasteiger partial charge in [0.1, 0.15) is 17.3 Å². The highest BCUT2D eigenvalue weighted by Crippen LogP contribution is 2.31. The maximum atomic E-state index is 12.3. The summed E-state index contributed by atoms with van der Waals surface area (Å²) in [6.07, 6.45) is 2.95. The number of aromatic nitrogens is 2. The van der Waals surface area contributed by atoms with E-state index in [2.05, 4.69) is 20.6 Å². The molecule has 0 spiro atoms. The molecule has 1 heterocycles. The average molecular weight is 335 g/mol. The topological polar surface area (TPSA) is 76.1 Å². The molecule has 2 aromatic rings. The van der Waals surface area contributed by atoms with Crippen molar-refractivity contribution in [2.45, 2.75) is 26.8 Å². The Bertz CT molecular complexity index is 702. The van der Waals surface area contributed by atoms with Gasteiger partial charge in [0.2, 0.25) is 0 Å². The van der Waals surface area contributed by atoms with E-state index in [0.717, 1.165) is 5.56 Å². The van der Waals surface area contributed by atoms with Gasteiger partial charge in [0.05, 0.1) is 25.2 Å². The van der Waals surface area contributed by atoms with Gasteiger partial charge in [0, 0.05) is 17.1 Å². The van der Waals surface area contributed by atoms with Crippen LogP contribution in [0.5, 0.6) is 5.75 Å². The molecule has 0 atom stereocenters. The van der Waals surface area contributed by atoms with Crippen LogP contribution in [0, 0.1) is 6.92 Å². The van der Waals surface area contributed by atoms with Crippen LogP contribution in [0.1, 0.15) is 29.9 Å². The number of ether oxygens (including phenoxy) is 1. The molecule has 0 saturated heterocycles. The van der Waals surface area contributed by atoms with Gasteiger partial charge in [-0.05, 0) is 32.4 Å². The normalized spacial score (nSPS) is 10.5. The third-order valence-electron chi connectivity index (χ3n) is 3.05. The first-order valence-electron chi connectivity index (χ1n) is 7.14. The number of aryl methyl sites for hydroxylation is 1. The first-order chi connectivity index (χ1) is 10.9. The number of anilines is 2. The molecule has 0 aliphatic carbocycles. The van der Waals surface area contributed by atoms with Gasteiger partial charge in [-0.25, -0.2) is 9.97 Å². The van der Waals surface area contributed by atoms with E-state index in [-0.39, 0.29) is 17.6 Å². The quantitative estimate of drug-likeness (QED) is 0.875. The monoisotopic (exact) mass is 334 g/mol. The molecule has 0 aliphatic rings. The standard InChI is InChI=1S/C16H19ClN4O2/c1-9(2)20-15-8-18-13(7-19-15)16(22)21-12-5-10(3)11(17)6-14(12)23-4/h5-9H,1-4H3,(H,19,20)(H,21,22). The number of rotatable bonds is 5. The van der Waals surface area contributed by atoms with E-state index in [4.69, 9.17) is 16.3 Å². The first kappa shape index (κ1) is 17.0. The predicted octanol–water partition coefficient (Wildman–Crippen LogP) is 3.52. The van der Waals surface area contributed by atoms with Crippen molar-refractivity contribution < 1.29 is 9.53 Å². The maximum Gasteiger partial charge on any atom is 0.275 e. The van der Waals surface area contributed by atoms with E-state index in [1.165, 1.54) is 19.5 Å². The highest BCUT2D eigenvalue weighted by Gasteiger charge is 2.13. The van der Waals surface area contributed by atoms with Crippen LogP contribution < -0.4 is 15.4 Å². The van der Waals surface area contributed by atoms with Gasteiger partial charge in [0.25, 0.3) is 5.91 Å².